The van der Waals surface area contributed by atoms with Crippen molar-refractivity contribution in [3.63, 3.8) is 0 Å². The van der Waals surface area contributed by atoms with Crippen LogP contribution in [-0.4, -0.2) is 24.3 Å². The highest BCUT2D eigenvalue weighted by Crippen LogP contribution is 2.63. The maximum absolute atomic E-state index is 12.4. The Balaban J connectivity index is 0.00000576. The number of unbranched alkanes of at least 4 members (excludes halogenated alkanes) is 3. The summed E-state index contributed by atoms with van der Waals surface area (Å²) < 4.78 is 0. The van der Waals surface area contributed by atoms with Crippen molar-refractivity contribution in [3.8, 4) is 0 Å². The number of Topliss-reactive ketones (excluding diaryl/α,β-unsaturated/α-hetero) is 1. The smallest absolute Gasteiger partial charge is 0.163 e. The summed E-state index contributed by atoms with van der Waals surface area (Å²) >= 11 is 0. The van der Waals surface area contributed by atoms with Gasteiger partial charge in [-0.3, -0.25) is 4.79 Å². The lowest BCUT2D eigenvalue weighted by molar-refractivity contribution is -0.111. The Bertz CT molecular complexity index is 488. The van der Waals surface area contributed by atoms with E-state index in [0.717, 1.165) is 11.1 Å². The van der Waals surface area contributed by atoms with Crippen LogP contribution in [0.2, 0.25) is 0 Å². The van der Waals surface area contributed by atoms with Crippen LogP contribution in [-0.2, 0) is 4.79 Å². The Morgan fingerprint density at radius 1 is 0.880 bits per heavy atom. The molecular formula is C22H36ClOP. The van der Waals surface area contributed by atoms with E-state index < -0.39 is 7.26 Å². The highest BCUT2D eigenvalue weighted by Gasteiger charge is 2.34. The molecular weight excluding hydrogens is 347 g/mol. The van der Waals surface area contributed by atoms with Gasteiger partial charge in [0.2, 0.25) is 0 Å². The van der Waals surface area contributed by atoms with Gasteiger partial charge in [0.25, 0.3) is 0 Å². The highest BCUT2D eigenvalue weighted by atomic mass is 35.5. The van der Waals surface area contributed by atoms with Gasteiger partial charge in [0.15, 0.2) is 5.78 Å². The van der Waals surface area contributed by atoms with Gasteiger partial charge >= 0.3 is 0 Å². The van der Waals surface area contributed by atoms with Crippen LogP contribution in [0.1, 0.15) is 71.8 Å². The Morgan fingerprint density at radius 2 is 1.32 bits per heavy atom. The molecule has 1 aromatic rings. The lowest BCUT2D eigenvalue weighted by Gasteiger charge is -2.25. The first kappa shape index (κ1) is 24.4. The number of benzene rings is 1. The van der Waals surface area contributed by atoms with Gasteiger partial charge in [0.1, 0.15) is 0 Å². The number of ketones is 1. The molecule has 0 amide bonds. The molecule has 0 unspecified atom stereocenters. The van der Waals surface area contributed by atoms with E-state index >= 15 is 0 Å². The molecule has 0 atom stereocenters. The summed E-state index contributed by atoms with van der Waals surface area (Å²) in [6, 6.07) is 10.3. The highest BCUT2D eigenvalue weighted by molar-refractivity contribution is 7.79. The van der Waals surface area contributed by atoms with Gasteiger partial charge in [-0.15, -0.1) is 0 Å². The summed E-state index contributed by atoms with van der Waals surface area (Å²) in [5, 5.41) is 0. The summed E-state index contributed by atoms with van der Waals surface area (Å²) in [4.78, 5) is 12.4. The average Bonchev–Trinajstić information content (AvgIpc) is 2.61. The molecule has 0 heterocycles. The third-order valence-corrected chi connectivity index (χ3v) is 9.16. The van der Waals surface area contributed by atoms with Gasteiger partial charge in [0, 0.05) is 7.26 Å². The Hall–Kier alpha value is -0.650. The van der Waals surface area contributed by atoms with Crippen molar-refractivity contribution in [1.82, 2.24) is 0 Å². The number of rotatable bonds is 12. The summed E-state index contributed by atoms with van der Waals surface area (Å²) in [5.74, 6) is 2.68. The second-order valence-electron chi connectivity index (χ2n) is 6.92. The van der Waals surface area contributed by atoms with Crippen LogP contribution in [0.15, 0.2) is 36.1 Å². The first-order valence-electron chi connectivity index (χ1n) is 9.73. The summed E-state index contributed by atoms with van der Waals surface area (Å²) in [5.41, 5.74) is 2.06. The minimum absolute atomic E-state index is 0. The topological polar surface area (TPSA) is 17.1 Å². The van der Waals surface area contributed by atoms with E-state index in [9.17, 15) is 4.79 Å². The second-order valence-corrected chi connectivity index (χ2v) is 11.0. The Morgan fingerprint density at radius 3 is 1.68 bits per heavy atom. The van der Waals surface area contributed by atoms with Gasteiger partial charge in [-0.2, -0.15) is 0 Å². The molecule has 0 bridgehead atoms. The third-order valence-electron chi connectivity index (χ3n) is 4.74. The Labute approximate surface area is 162 Å². The molecule has 0 fully saturated rings. The fraction of sp³-hybridized carbons (Fsp3) is 0.591. The lowest BCUT2D eigenvalue weighted by atomic mass is 10.1. The van der Waals surface area contributed by atoms with Gasteiger partial charge in [0.05, 0.1) is 29.9 Å². The van der Waals surface area contributed by atoms with Crippen LogP contribution in [0.3, 0.4) is 0 Å². The Kier molecular flexibility index (Phi) is 13.2. The van der Waals surface area contributed by atoms with Gasteiger partial charge in [-0.05, 0) is 31.7 Å². The molecule has 0 aliphatic rings. The number of carbonyl (C=O) groups is 1. The van der Waals surface area contributed by atoms with Crippen molar-refractivity contribution in [2.45, 2.75) is 66.2 Å². The van der Waals surface area contributed by atoms with E-state index in [4.69, 9.17) is 0 Å². The first-order chi connectivity index (χ1) is 11.6. The minimum Gasteiger partial charge on any atom is -1.00 e. The van der Waals surface area contributed by atoms with Gasteiger partial charge < -0.3 is 12.4 Å². The zero-order valence-corrected chi connectivity index (χ0v) is 18.2. The summed E-state index contributed by atoms with van der Waals surface area (Å²) in [7, 11) is -1.20. The van der Waals surface area contributed by atoms with Crippen molar-refractivity contribution in [3.05, 3.63) is 41.7 Å². The average molecular weight is 383 g/mol. The van der Waals surface area contributed by atoms with Crippen LogP contribution < -0.4 is 12.4 Å². The predicted octanol–water partition coefficient (Wildman–Crippen LogP) is 4.04. The predicted molar refractivity (Wildman–Crippen MR) is 111 cm³/mol. The van der Waals surface area contributed by atoms with Gasteiger partial charge in [-0.25, -0.2) is 0 Å². The van der Waals surface area contributed by atoms with Crippen LogP contribution in [0.5, 0.6) is 0 Å². The molecule has 0 saturated carbocycles. The van der Waals surface area contributed by atoms with Crippen LogP contribution in [0.25, 0.3) is 5.57 Å². The number of halogens is 1. The fourth-order valence-electron chi connectivity index (χ4n) is 3.21. The first-order valence-corrected chi connectivity index (χ1v) is 12.1. The summed E-state index contributed by atoms with van der Waals surface area (Å²) in [6.45, 7) is 8.57. The van der Waals surface area contributed by atoms with Crippen molar-refractivity contribution in [1.29, 1.82) is 0 Å². The van der Waals surface area contributed by atoms with Crippen molar-refractivity contribution < 1.29 is 17.2 Å². The summed E-state index contributed by atoms with van der Waals surface area (Å²) in [6.07, 6.45) is 11.5. The van der Waals surface area contributed by atoms with Crippen LogP contribution >= 0.6 is 7.26 Å². The third kappa shape index (κ3) is 8.52. The molecule has 0 N–H and O–H groups in total. The number of hydrogen-bond acceptors (Lipinski definition) is 1. The molecule has 0 aliphatic carbocycles. The lowest BCUT2D eigenvalue weighted by Crippen LogP contribution is -3.00. The quantitative estimate of drug-likeness (QED) is 0.394. The maximum Gasteiger partial charge on any atom is 0.163 e. The largest absolute Gasteiger partial charge is 1.00 e. The van der Waals surface area contributed by atoms with Crippen molar-refractivity contribution >= 4 is 18.6 Å². The van der Waals surface area contributed by atoms with E-state index in [-0.39, 0.29) is 18.2 Å². The van der Waals surface area contributed by atoms with Crippen LogP contribution in [0.4, 0.5) is 0 Å². The number of allylic oxidation sites excluding steroid dienone is 1. The van der Waals surface area contributed by atoms with E-state index in [0.29, 0.717) is 0 Å². The molecule has 142 valence electrons. The number of carbonyl (C=O) groups excluding carboxylic acids is 1. The van der Waals surface area contributed by atoms with Crippen LogP contribution in [0, 0.1) is 0 Å². The standard InChI is InChI=1S/C22H36OP.ClH/c1-5-8-16-24(17-9-6-2,18-10-7-3)19-22(20(4)23)21-14-12-11-13-15-21;/h11-15,19H,5-10,16-18H2,1-4H3;1H/q+1;/p-1. The molecule has 0 radical (unpaired) electrons. The molecule has 0 spiro atoms. The van der Waals surface area contributed by atoms with E-state index in [1.54, 1.807) is 6.92 Å². The monoisotopic (exact) mass is 382 g/mol. The SMILES string of the molecule is CCCC[P+](C=C(C(C)=O)c1ccccc1)(CCCC)CCCC.[Cl-]. The van der Waals surface area contributed by atoms with E-state index in [1.807, 2.05) is 18.2 Å². The molecule has 0 aromatic heterocycles. The fourth-order valence-corrected chi connectivity index (χ4v) is 7.98. The van der Waals surface area contributed by atoms with E-state index in [1.165, 1.54) is 57.0 Å². The molecule has 0 saturated heterocycles. The molecule has 1 aromatic carbocycles. The normalized spacial score (nSPS) is 11.9. The molecule has 1 nitrogen and oxygen atoms in total. The molecule has 3 heteroatoms. The molecule has 1 rings (SSSR count). The zero-order valence-electron chi connectivity index (χ0n) is 16.6. The zero-order chi connectivity index (χ0) is 17.8. The molecule has 25 heavy (non-hydrogen) atoms. The molecule has 0 aliphatic heterocycles. The second kappa shape index (κ2) is 13.5. The minimum atomic E-state index is -1.20. The maximum atomic E-state index is 12.4. The van der Waals surface area contributed by atoms with Crippen molar-refractivity contribution in [2.24, 2.45) is 0 Å². The van der Waals surface area contributed by atoms with Crippen molar-refractivity contribution in [2.75, 3.05) is 18.5 Å². The van der Waals surface area contributed by atoms with E-state index in [2.05, 4.69) is 38.7 Å². The number of hydrogen-bond donors (Lipinski definition) is 0. The van der Waals surface area contributed by atoms with Gasteiger partial charge in [-0.1, -0.05) is 70.4 Å².